The molecule has 1 aromatic carbocycles. The van der Waals surface area contributed by atoms with Crippen molar-refractivity contribution in [2.45, 2.75) is 39.7 Å². The summed E-state index contributed by atoms with van der Waals surface area (Å²) in [4.78, 5) is 0. The second-order valence-corrected chi connectivity index (χ2v) is 7.39. The minimum atomic E-state index is 0.175. The Labute approximate surface area is 148 Å². The summed E-state index contributed by atoms with van der Waals surface area (Å²) in [6.07, 6.45) is 0. The van der Waals surface area contributed by atoms with Gasteiger partial charge in [0.1, 0.15) is 0 Å². The SMILES string of the molecule is CCn1c(-c2ccc(C(C)(C)C)cc2)n[nH]c1=S.c1cc2cc-2c1. The van der Waals surface area contributed by atoms with E-state index in [1.165, 1.54) is 16.7 Å². The zero-order valence-electron chi connectivity index (χ0n) is 14.6. The normalized spacial score (nSPS) is 11.7. The van der Waals surface area contributed by atoms with Gasteiger partial charge in [-0.3, -0.25) is 5.10 Å². The smallest absolute Gasteiger partial charge is 0.195 e. The first-order valence-electron chi connectivity index (χ1n) is 8.26. The predicted octanol–water partition coefficient (Wildman–Crippen LogP) is 5.59. The molecular weight excluding hydrogens is 314 g/mol. The number of aromatic nitrogens is 3. The van der Waals surface area contributed by atoms with E-state index >= 15 is 0 Å². The van der Waals surface area contributed by atoms with Gasteiger partial charge < -0.3 is 4.57 Å². The Hall–Kier alpha value is -2.20. The van der Waals surface area contributed by atoms with Crippen molar-refractivity contribution in [1.29, 1.82) is 0 Å². The minimum absolute atomic E-state index is 0.175. The van der Waals surface area contributed by atoms with Crippen LogP contribution in [0.4, 0.5) is 0 Å². The van der Waals surface area contributed by atoms with Gasteiger partial charge in [-0.25, -0.2) is 0 Å². The van der Waals surface area contributed by atoms with Crippen molar-refractivity contribution in [2.24, 2.45) is 0 Å². The molecule has 0 atom stereocenters. The van der Waals surface area contributed by atoms with Gasteiger partial charge in [-0.1, -0.05) is 63.2 Å². The number of rotatable bonds is 2. The Kier molecular flexibility index (Phi) is 4.41. The van der Waals surface area contributed by atoms with Gasteiger partial charge in [0, 0.05) is 12.1 Å². The van der Waals surface area contributed by atoms with Gasteiger partial charge in [0.2, 0.25) is 0 Å². The molecule has 2 aliphatic carbocycles. The molecule has 0 radical (unpaired) electrons. The van der Waals surface area contributed by atoms with E-state index in [0.717, 1.165) is 17.9 Å². The van der Waals surface area contributed by atoms with Crippen molar-refractivity contribution in [3.05, 3.63) is 58.9 Å². The molecule has 0 spiro atoms. The summed E-state index contributed by atoms with van der Waals surface area (Å²) >= 11 is 5.20. The summed E-state index contributed by atoms with van der Waals surface area (Å²) in [6.45, 7) is 9.53. The molecule has 4 rings (SSSR count). The maximum atomic E-state index is 5.20. The van der Waals surface area contributed by atoms with Crippen LogP contribution in [-0.2, 0) is 12.0 Å². The number of H-pyrrole nitrogens is 1. The van der Waals surface area contributed by atoms with Crippen LogP contribution in [0.3, 0.4) is 0 Å². The number of nitrogens with one attached hydrogen (secondary N) is 1. The third-order valence-electron chi connectivity index (χ3n) is 4.20. The summed E-state index contributed by atoms with van der Waals surface area (Å²) in [5, 5.41) is 7.14. The number of fused-ring (bicyclic) bond motifs is 1. The van der Waals surface area contributed by atoms with Crippen molar-refractivity contribution in [3.63, 3.8) is 0 Å². The molecule has 0 fully saturated rings. The summed E-state index contributed by atoms with van der Waals surface area (Å²) < 4.78 is 2.67. The molecular formula is C20H23N3S. The van der Waals surface area contributed by atoms with E-state index in [4.69, 9.17) is 12.2 Å². The first-order chi connectivity index (χ1) is 11.4. The molecule has 0 saturated heterocycles. The van der Waals surface area contributed by atoms with E-state index in [1.54, 1.807) is 0 Å². The average Bonchev–Trinajstić information content (AvgIpc) is 2.98. The van der Waals surface area contributed by atoms with Crippen LogP contribution in [-0.4, -0.2) is 14.8 Å². The highest BCUT2D eigenvalue weighted by atomic mass is 32.1. The molecule has 124 valence electrons. The highest BCUT2D eigenvalue weighted by Crippen LogP contribution is 2.32. The van der Waals surface area contributed by atoms with Crippen LogP contribution in [0.15, 0.2) is 48.5 Å². The zero-order valence-corrected chi connectivity index (χ0v) is 15.4. The van der Waals surface area contributed by atoms with E-state index in [0.29, 0.717) is 4.77 Å². The molecule has 1 N–H and O–H groups in total. The first kappa shape index (κ1) is 16.7. The molecule has 1 heterocycles. The Morgan fingerprint density at radius 3 is 2.04 bits per heavy atom. The molecule has 24 heavy (non-hydrogen) atoms. The Balaban J connectivity index is 0.000000231. The highest BCUT2D eigenvalue weighted by molar-refractivity contribution is 7.71. The number of hydrogen-bond acceptors (Lipinski definition) is 2. The predicted molar refractivity (Wildman–Crippen MR) is 103 cm³/mol. The van der Waals surface area contributed by atoms with Crippen LogP contribution in [0.25, 0.3) is 22.5 Å². The van der Waals surface area contributed by atoms with E-state index in [1.807, 2.05) is 4.57 Å². The summed E-state index contributed by atoms with van der Waals surface area (Å²) in [5.41, 5.74) is 5.44. The fourth-order valence-electron chi connectivity index (χ4n) is 2.63. The summed E-state index contributed by atoms with van der Waals surface area (Å²) in [6, 6.07) is 17.0. The Morgan fingerprint density at radius 1 is 1.00 bits per heavy atom. The van der Waals surface area contributed by atoms with Crippen molar-refractivity contribution in [3.8, 4) is 22.5 Å². The van der Waals surface area contributed by atoms with Crippen LogP contribution in [0, 0.1) is 4.77 Å². The van der Waals surface area contributed by atoms with Gasteiger partial charge in [0.15, 0.2) is 10.6 Å². The molecule has 2 aromatic rings. The number of aromatic amines is 1. The molecule has 0 bridgehead atoms. The fraction of sp³-hybridized carbons (Fsp3) is 0.300. The quantitative estimate of drug-likeness (QED) is 0.484. The Morgan fingerprint density at radius 2 is 1.62 bits per heavy atom. The lowest BCUT2D eigenvalue weighted by atomic mass is 9.87. The van der Waals surface area contributed by atoms with Gasteiger partial charge in [-0.05, 0) is 47.3 Å². The molecule has 0 aliphatic heterocycles. The molecule has 3 nitrogen and oxygen atoms in total. The number of hydrogen-bond donors (Lipinski definition) is 1. The molecule has 0 unspecified atom stereocenters. The minimum Gasteiger partial charge on any atom is -0.300 e. The molecule has 4 heteroatoms. The van der Waals surface area contributed by atoms with Crippen molar-refractivity contribution in [2.75, 3.05) is 0 Å². The van der Waals surface area contributed by atoms with E-state index in [9.17, 15) is 0 Å². The Bertz CT molecular complexity index is 878. The largest absolute Gasteiger partial charge is 0.300 e. The van der Waals surface area contributed by atoms with Crippen molar-refractivity contribution in [1.82, 2.24) is 14.8 Å². The van der Waals surface area contributed by atoms with Crippen LogP contribution in [0.2, 0.25) is 0 Å². The van der Waals surface area contributed by atoms with E-state index in [2.05, 4.69) is 86.4 Å². The molecule has 2 aliphatic rings. The third-order valence-corrected chi connectivity index (χ3v) is 4.51. The topological polar surface area (TPSA) is 33.6 Å². The lowest BCUT2D eigenvalue weighted by molar-refractivity contribution is 0.590. The average molecular weight is 337 g/mol. The van der Waals surface area contributed by atoms with Crippen LogP contribution >= 0.6 is 12.2 Å². The highest BCUT2D eigenvalue weighted by Gasteiger charge is 2.14. The van der Waals surface area contributed by atoms with Crippen LogP contribution in [0.1, 0.15) is 33.3 Å². The second-order valence-electron chi connectivity index (χ2n) is 7.00. The lowest BCUT2D eigenvalue weighted by Gasteiger charge is -2.19. The van der Waals surface area contributed by atoms with Crippen molar-refractivity contribution < 1.29 is 0 Å². The molecule has 0 saturated carbocycles. The number of nitrogens with zero attached hydrogens (tertiary/aromatic N) is 2. The third kappa shape index (κ3) is 3.49. The van der Waals surface area contributed by atoms with E-state index in [-0.39, 0.29) is 5.41 Å². The summed E-state index contributed by atoms with van der Waals surface area (Å²) in [7, 11) is 0. The van der Waals surface area contributed by atoms with Gasteiger partial charge in [-0.15, -0.1) is 0 Å². The van der Waals surface area contributed by atoms with Gasteiger partial charge in [0.05, 0.1) is 0 Å². The maximum absolute atomic E-state index is 5.20. The first-order valence-corrected chi connectivity index (χ1v) is 8.67. The fourth-order valence-corrected chi connectivity index (χ4v) is 2.89. The molecule has 0 amide bonds. The standard InChI is InChI=1S/C14H19N3S.C6H4/c1-5-17-12(15-16-13(17)18)10-6-8-11(9-7-10)14(2,3)4;1-2-5-4-6(5)3-1/h6-9H,5H2,1-4H3,(H,16,18);1-4H. The monoisotopic (exact) mass is 337 g/mol. The van der Waals surface area contributed by atoms with E-state index < -0.39 is 0 Å². The summed E-state index contributed by atoms with van der Waals surface area (Å²) in [5.74, 6) is 0.906. The van der Waals surface area contributed by atoms with Crippen molar-refractivity contribution >= 4 is 12.2 Å². The van der Waals surface area contributed by atoms with Crippen LogP contribution in [0.5, 0.6) is 0 Å². The van der Waals surface area contributed by atoms with Gasteiger partial charge >= 0.3 is 0 Å². The zero-order chi connectivity index (χ0) is 17.3. The molecule has 1 aromatic heterocycles. The maximum Gasteiger partial charge on any atom is 0.195 e. The lowest BCUT2D eigenvalue weighted by Crippen LogP contribution is -2.10. The van der Waals surface area contributed by atoms with Crippen LogP contribution < -0.4 is 0 Å². The van der Waals surface area contributed by atoms with Gasteiger partial charge in [-0.2, -0.15) is 5.10 Å². The van der Waals surface area contributed by atoms with Gasteiger partial charge in [0.25, 0.3) is 0 Å². The second kappa shape index (κ2) is 6.36. The number of benzene rings is 2.